The number of benzene rings is 8. The normalized spacial score (nSPS) is 11.7. The fraction of sp³-hybridized carbons (Fsp3) is 0. The van der Waals surface area contributed by atoms with Crippen LogP contribution < -0.4 is 4.90 Å². The van der Waals surface area contributed by atoms with Gasteiger partial charge in [0, 0.05) is 0 Å². The van der Waals surface area contributed by atoms with Crippen LogP contribution in [0.1, 0.15) is 0 Å². The van der Waals surface area contributed by atoms with Gasteiger partial charge in [0.05, 0.1) is 0 Å². The molecule has 0 aliphatic rings. The summed E-state index contributed by atoms with van der Waals surface area (Å²) >= 11 is 0.201. The number of rotatable bonds is 5. The van der Waals surface area contributed by atoms with E-state index < -0.39 is 0 Å². The third kappa shape index (κ3) is 4.63. The van der Waals surface area contributed by atoms with E-state index in [0.717, 1.165) is 33.3 Å². The van der Waals surface area contributed by atoms with Gasteiger partial charge in [0.15, 0.2) is 0 Å². The van der Waals surface area contributed by atoms with Crippen molar-refractivity contribution < 1.29 is 4.42 Å². The summed E-state index contributed by atoms with van der Waals surface area (Å²) in [5.74, 6) is 0. The summed E-state index contributed by atoms with van der Waals surface area (Å²) in [5.41, 5.74) is 9.96. The van der Waals surface area contributed by atoms with Gasteiger partial charge in [-0.1, -0.05) is 6.07 Å². The van der Waals surface area contributed by atoms with E-state index in [1.165, 1.54) is 58.0 Å². The zero-order valence-corrected chi connectivity index (χ0v) is 28.2. The molecule has 10 rings (SSSR count). The van der Waals surface area contributed by atoms with Gasteiger partial charge in [-0.05, 0) is 0 Å². The van der Waals surface area contributed by atoms with Crippen molar-refractivity contribution >= 4 is 83.6 Å². The van der Waals surface area contributed by atoms with E-state index in [4.69, 9.17) is 4.42 Å². The van der Waals surface area contributed by atoms with Gasteiger partial charge >= 0.3 is 285 Å². The second-order valence-electron chi connectivity index (χ2n) is 12.5. The van der Waals surface area contributed by atoms with E-state index in [1.807, 2.05) is 6.07 Å². The fourth-order valence-corrected chi connectivity index (χ4v) is 10.1. The Morgan fingerprint density at radius 3 is 1.96 bits per heavy atom. The molecule has 0 bridgehead atoms. The van der Waals surface area contributed by atoms with E-state index in [9.17, 15) is 0 Å². The van der Waals surface area contributed by atoms with E-state index in [-0.39, 0.29) is 14.5 Å². The molecule has 0 aliphatic carbocycles. The molecule has 0 spiro atoms. The van der Waals surface area contributed by atoms with Crippen LogP contribution in [0.2, 0.25) is 0 Å². The summed E-state index contributed by atoms with van der Waals surface area (Å²) in [4.78, 5) is 2.45. The van der Waals surface area contributed by atoms with Crippen LogP contribution >= 0.6 is 0 Å². The minimum atomic E-state index is 0.201. The van der Waals surface area contributed by atoms with Crippen LogP contribution in [0, 0.1) is 0 Å². The van der Waals surface area contributed by atoms with Crippen LogP contribution in [0.3, 0.4) is 0 Å². The molecule has 2 heterocycles. The van der Waals surface area contributed by atoms with Crippen molar-refractivity contribution in [2.24, 2.45) is 0 Å². The molecular formula is C46H29NOSe. The van der Waals surface area contributed by atoms with Gasteiger partial charge in [0.2, 0.25) is 0 Å². The summed E-state index contributed by atoms with van der Waals surface area (Å²) < 4.78 is 9.35. The Kier molecular flexibility index (Phi) is 6.55. The third-order valence-electron chi connectivity index (χ3n) is 9.64. The Bertz CT molecular complexity index is 2840. The fourth-order valence-electron chi connectivity index (χ4n) is 7.41. The standard InChI is InChI=1S/C46H29NOSe/c1-2-13-30(14-3-1)35-18-6-7-19-36(35)31-16-12-17-33(27-31)47(34-25-26-39-38-21-8-10-23-42(38)48-43(39)29-34)41-28-32-15-4-5-20-37(32)46-45(41)40-22-9-11-24-44(40)49-46/h1-29H. The average Bonchev–Trinajstić information content (AvgIpc) is 3.74. The molecule has 0 saturated heterocycles. The van der Waals surface area contributed by atoms with Crippen molar-refractivity contribution in [1.29, 1.82) is 0 Å². The maximum absolute atomic E-state index is 6.47. The molecule has 2 aromatic heterocycles. The topological polar surface area (TPSA) is 16.4 Å². The monoisotopic (exact) mass is 691 g/mol. The molecule has 8 aromatic carbocycles. The molecule has 0 aliphatic heterocycles. The van der Waals surface area contributed by atoms with Gasteiger partial charge in [-0.3, -0.25) is 0 Å². The Hall–Kier alpha value is -5.86. The Labute approximate surface area is 289 Å². The first kappa shape index (κ1) is 28.2. The molecule has 0 radical (unpaired) electrons. The van der Waals surface area contributed by atoms with Crippen molar-refractivity contribution in [2.45, 2.75) is 0 Å². The molecule has 0 unspecified atom stereocenters. The first-order chi connectivity index (χ1) is 24.3. The van der Waals surface area contributed by atoms with E-state index >= 15 is 0 Å². The predicted octanol–water partition coefficient (Wildman–Crippen LogP) is 12.9. The number of para-hydroxylation sites is 1. The van der Waals surface area contributed by atoms with Gasteiger partial charge < -0.3 is 0 Å². The summed E-state index contributed by atoms with van der Waals surface area (Å²) in [6.45, 7) is 0. The number of hydrogen-bond acceptors (Lipinski definition) is 2. The van der Waals surface area contributed by atoms with Gasteiger partial charge in [-0.15, -0.1) is 0 Å². The Morgan fingerprint density at radius 1 is 0.429 bits per heavy atom. The predicted molar refractivity (Wildman–Crippen MR) is 209 cm³/mol. The number of nitrogens with zero attached hydrogens (tertiary/aromatic N) is 1. The van der Waals surface area contributed by atoms with E-state index in [1.54, 1.807) is 0 Å². The van der Waals surface area contributed by atoms with Crippen molar-refractivity contribution in [2.75, 3.05) is 4.90 Å². The van der Waals surface area contributed by atoms with Gasteiger partial charge in [-0.25, -0.2) is 0 Å². The van der Waals surface area contributed by atoms with Crippen molar-refractivity contribution in [3.8, 4) is 22.3 Å². The summed E-state index contributed by atoms with van der Waals surface area (Å²) in [6.07, 6.45) is 0. The molecular weight excluding hydrogens is 661 g/mol. The van der Waals surface area contributed by atoms with Crippen LogP contribution in [0.25, 0.3) is 74.3 Å². The quantitative estimate of drug-likeness (QED) is 0.167. The van der Waals surface area contributed by atoms with Crippen molar-refractivity contribution in [1.82, 2.24) is 0 Å². The summed E-state index contributed by atoms with van der Waals surface area (Å²) in [5, 5.41) is 7.52. The number of fused-ring (bicyclic) bond motifs is 8. The Morgan fingerprint density at radius 2 is 1.08 bits per heavy atom. The molecule has 2 nitrogen and oxygen atoms in total. The first-order valence-corrected chi connectivity index (χ1v) is 18.3. The molecule has 230 valence electrons. The molecule has 0 fully saturated rings. The zero-order valence-electron chi connectivity index (χ0n) is 26.5. The molecule has 3 heteroatoms. The second-order valence-corrected chi connectivity index (χ2v) is 14.7. The number of furan rings is 1. The van der Waals surface area contributed by atoms with Crippen LogP contribution in [0.15, 0.2) is 180 Å². The van der Waals surface area contributed by atoms with Crippen LogP contribution in [0.4, 0.5) is 17.1 Å². The second kappa shape index (κ2) is 11.4. The molecule has 0 N–H and O–H groups in total. The molecule has 0 atom stereocenters. The summed E-state index contributed by atoms with van der Waals surface area (Å²) in [6, 6.07) is 63.6. The van der Waals surface area contributed by atoms with Crippen LogP contribution in [-0.4, -0.2) is 14.5 Å². The molecule has 49 heavy (non-hydrogen) atoms. The Balaban J connectivity index is 1.27. The van der Waals surface area contributed by atoms with Gasteiger partial charge in [-0.2, -0.15) is 0 Å². The average molecular weight is 691 g/mol. The van der Waals surface area contributed by atoms with Gasteiger partial charge in [0.1, 0.15) is 0 Å². The molecule has 10 aromatic rings. The van der Waals surface area contributed by atoms with Crippen molar-refractivity contribution in [3.05, 3.63) is 176 Å². The first-order valence-electron chi connectivity index (χ1n) is 16.6. The van der Waals surface area contributed by atoms with Crippen LogP contribution in [-0.2, 0) is 0 Å². The maximum atomic E-state index is 6.47. The molecule has 0 amide bonds. The SMILES string of the molecule is c1ccc(-c2ccccc2-c2cccc(N(c3ccc4c(c3)oc3ccccc34)c3cc4ccccc4c4[se]c5ccccc5c34)c2)cc1. The summed E-state index contributed by atoms with van der Waals surface area (Å²) in [7, 11) is 0. The van der Waals surface area contributed by atoms with E-state index in [2.05, 4.69) is 175 Å². The van der Waals surface area contributed by atoms with E-state index in [0.29, 0.717) is 0 Å². The zero-order chi connectivity index (χ0) is 32.3. The van der Waals surface area contributed by atoms with Crippen LogP contribution in [0.5, 0.6) is 0 Å². The number of anilines is 3. The minimum absolute atomic E-state index is 0.201. The number of hydrogen-bond donors (Lipinski definition) is 0. The van der Waals surface area contributed by atoms with Crippen molar-refractivity contribution in [3.63, 3.8) is 0 Å². The molecule has 0 saturated carbocycles. The third-order valence-corrected chi connectivity index (χ3v) is 12.2. The van der Waals surface area contributed by atoms with Gasteiger partial charge in [0.25, 0.3) is 0 Å².